The molecule has 0 N–H and O–H groups in total. The smallest absolute Gasteiger partial charge is 0.437 e. The molecule has 0 aromatic carbocycles. The van der Waals surface area contributed by atoms with Gasteiger partial charge in [0.15, 0.2) is 5.69 Å². The second kappa shape index (κ2) is 9.90. The summed E-state index contributed by atoms with van der Waals surface area (Å²) in [6.45, 7) is 5.28. The van der Waals surface area contributed by atoms with Gasteiger partial charge in [0.05, 0.1) is 6.61 Å². The van der Waals surface area contributed by atoms with Gasteiger partial charge in [0.25, 0.3) is 6.01 Å². The molecule has 2 fully saturated rings. The molecular weight excluding hydrogens is 455 g/mol. The first kappa shape index (κ1) is 23.8. The Kier molecular flexibility index (Phi) is 6.94. The highest BCUT2D eigenvalue weighted by Crippen LogP contribution is 2.35. The SMILES string of the molecule is CCOC(=O)N1CCN(c2ccc(CC(=O)c3oc(N4CCCC4)nc3C(F)(F)F)cn2)CC1. The lowest BCUT2D eigenvalue weighted by Crippen LogP contribution is -2.49. The summed E-state index contributed by atoms with van der Waals surface area (Å²) >= 11 is 0. The highest BCUT2D eigenvalue weighted by Gasteiger charge is 2.42. The van der Waals surface area contributed by atoms with Crippen LogP contribution in [0.5, 0.6) is 0 Å². The van der Waals surface area contributed by atoms with Crippen LogP contribution in [0.4, 0.5) is 29.8 Å². The number of anilines is 2. The maximum Gasteiger partial charge on any atom is 0.437 e. The number of Topliss-reactive ketones (excluding diaryl/α,β-unsaturated/α-hetero) is 1. The molecule has 2 aromatic heterocycles. The normalized spacial score (nSPS) is 16.8. The number of piperazine rings is 1. The van der Waals surface area contributed by atoms with E-state index in [0.29, 0.717) is 57.3 Å². The number of pyridine rings is 1. The van der Waals surface area contributed by atoms with Gasteiger partial charge in [-0.2, -0.15) is 18.2 Å². The molecule has 4 rings (SSSR count). The Morgan fingerprint density at radius 1 is 1.06 bits per heavy atom. The Labute approximate surface area is 194 Å². The summed E-state index contributed by atoms with van der Waals surface area (Å²) in [5, 5.41) is 0. The maximum absolute atomic E-state index is 13.5. The Morgan fingerprint density at radius 2 is 1.76 bits per heavy atom. The summed E-state index contributed by atoms with van der Waals surface area (Å²) in [7, 11) is 0. The van der Waals surface area contributed by atoms with E-state index >= 15 is 0 Å². The first-order chi connectivity index (χ1) is 16.3. The Bertz CT molecular complexity index is 1010. The molecule has 12 heteroatoms. The molecule has 2 aromatic rings. The number of amides is 1. The number of hydrogen-bond donors (Lipinski definition) is 0. The summed E-state index contributed by atoms with van der Waals surface area (Å²) in [5.41, 5.74) is -0.824. The quantitative estimate of drug-likeness (QED) is 0.580. The van der Waals surface area contributed by atoms with Crippen molar-refractivity contribution in [2.45, 2.75) is 32.4 Å². The third-order valence-electron chi connectivity index (χ3n) is 5.82. The highest BCUT2D eigenvalue weighted by molar-refractivity contribution is 5.96. The molecule has 2 aliphatic rings. The first-order valence-corrected chi connectivity index (χ1v) is 11.2. The summed E-state index contributed by atoms with van der Waals surface area (Å²) in [6, 6.07) is 3.20. The maximum atomic E-state index is 13.5. The molecule has 0 aliphatic carbocycles. The topological polar surface area (TPSA) is 92.0 Å². The predicted molar refractivity (Wildman–Crippen MR) is 116 cm³/mol. The average molecular weight is 481 g/mol. The van der Waals surface area contributed by atoms with E-state index in [9.17, 15) is 22.8 Å². The van der Waals surface area contributed by atoms with Gasteiger partial charge in [-0.15, -0.1) is 0 Å². The number of hydrogen-bond acceptors (Lipinski definition) is 8. The number of halogens is 3. The van der Waals surface area contributed by atoms with E-state index in [0.717, 1.165) is 12.8 Å². The van der Waals surface area contributed by atoms with Crippen LogP contribution in [0.15, 0.2) is 22.7 Å². The first-order valence-electron chi connectivity index (χ1n) is 11.2. The van der Waals surface area contributed by atoms with Gasteiger partial charge in [0, 0.05) is 51.9 Å². The van der Waals surface area contributed by atoms with Crippen LogP contribution in [0, 0.1) is 0 Å². The number of rotatable bonds is 6. The van der Waals surface area contributed by atoms with Gasteiger partial charge in [-0.05, 0) is 31.4 Å². The van der Waals surface area contributed by atoms with E-state index in [-0.39, 0.29) is 18.5 Å². The zero-order chi connectivity index (χ0) is 24.3. The summed E-state index contributed by atoms with van der Waals surface area (Å²) in [4.78, 5) is 37.7. The molecular formula is C22H26F3N5O4. The standard InChI is InChI=1S/C22H26F3N5O4/c1-2-33-21(32)30-11-9-28(10-12-30)17-6-5-15(14-26-17)13-16(31)18-19(22(23,24)25)27-20(34-18)29-7-3-4-8-29/h5-6,14H,2-4,7-13H2,1H3. The molecule has 2 aliphatic heterocycles. The molecule has 0 saturated carbocycles. The van der Waals surface area contributed by atoms with Gasteiger partial charge in [-0.3, -0.25) is 4.79 Å². The minimum atomic E-state index is -4.79. The van der Waals surface area contributed by atoms with Crippen molar-refractivity contribution < 1.29 is 31.9 Å². The number of alkyl halides is 3. The Hall–Kier alpha value is -3.31. The van der Waals surface area contributed by atoms with Crippen LogP contribution < -0.4 is 9.80 Å². The van der Waals surface area contributed by atoms with E-state index in [1.807, 2.05) is 4.90 Å². The summed E-state index contributed by atoms with van der Waals surface area (Å²) in [6.07, 6.45) is -2.29. The third-order valence-corrected chi connectivity index (χ3v) is 5.82. The van der Waals surface area contributed by atoms with Crippen LogP contribution in [-0.4, -0.2) is 72.6 Å². The number of aromatic nitrogens is 2. The van der Waals surface area contributed by atoms with Crippen molar-refractivity contribution in [2.24, 2.45) is 0 Å². The van der Waals surface area contributed by atoms with Gasteiger partial charge in [-0.1, -0.05) is 6.07 Å². The van der Waals surface area contributed by atoms with Crippen LogP contribution in [-0.2, 0) is 17.3 Å². The van der Waals surface area contributed by atoms with Gasteiger partial charge in [-0.25, -0.2) is 9.78 Å². The van der Waals surface area contributed by atoms with Crippen molar-refractivity contribution in [1.29, 1.82) is 0 Å². The lowest BCUT2D eigenvalue weighted by Gasteiger charge is -2.34. The van der Waals surface area contributed by atoms with Crippen molar-refractivity contribution >= 4 is 23.7 Å². The monoisotopic (exact) mass is 481 g/mol. The van der Waals surface area contributed by atoms with E-state index in [2.05, 4.69) is 9.97 Å². The van der Waals surface area contributed by atoms with Crippen molar-refractivity contribution in [3.63, 3.8) is 0 Å². The second-order valence-electron chi connectivity index (χ2n) is 8.16. The van der Waals surface area contributed by atoms with E-state index in [4.69, 9.17) is 9.15 Å². The molecule has 9 nitrogen and oxygen atoms in total. The van der Waals surface area contributed by atoms with Crippen LogP contribution in [0.25, 0.3) is 0 Å². The number of carbonyl (C=O) groups is 2. The molecule has 34 heavy (non-hydrogen) atoms. The molecule has 0 spiro atoms. The fraction of sp³-hybridized carbons (Fsp3) is 0.545. The minimum absolute atomic E-state index is 0.163. The van der Waals surface area contributed by atoms with Crippen LogP contribution in [0.2, 0.25) is 0 Å². The van der Waals surface area contributed by atoms with Gasteiger partial charge in [0.1, 0.15) is 5.82 Å². The van der Waals surface area contributed by atoms with Gasteiger partial charge in [0.2, 0.25) is 11.5 Å². The van der Waals surface area contributed by atoms with Gasteiger partial charge < -0.3 is 23.9 Å². The van der Waals surface area contributed by atoms with Crippen LogP contribution >= 0.6 is 0 Å². The number of carbonyl (C=O) groups excluding carboxylic acids is 2. The van der Waals surface area contributed by atoms with E-state index in [1.54, 1.807) is 28.9 Å². The second-order valence-corrected chi connectivity index (χ2v) is 8.16. The number of nitrogens with zero attached hydrogens (tertiary/aromatic N) is 5. The molecule has 0 unspecified atom stereocenters. The summed E-state index contributed by atoms with van der Waals surface area (Å²) < 4.78 is 50.8. The number of ether oxygens (including phenoxy) is 1. The number of oxazole rings is 1. The molecule has 4 heterocycles. The fourth-order valence-corrected chi connectivity index (χ4v) is 4.04. The molecule has 184 valence electrons. The van der Waals surface area contributed by atoms with Crippen molar-refractivity contribution in [2.75, 3.05) is 55.7 Å². The van der Waals surface area contributed by atoms with Gasteiger partial charge >= 0.3 is 12.3 Å². The van der Waals surface area contributed by atoms with Crippen molar-refractivity contribution in [3.8, 4) is 0 Å². The van der Waals surface area contributed by atoms with E-state index in [1.165, 1.54) is 6.20 Å². The molecule has 0 atom stereocenters. The Morgan fingerprint density at radius 3 is 2.35 bits per heavy atom. The predicted octanol–water partition coefficient (Wildman–Crippen LogP) is 3.39. The molecule has 2 saturated heterocycles. The zero-order valence-electron chi connectivity index (χ0n) is 18.8. The molecule has 1 amide bonds. The fourth-order valence-electron chi connectivity index (χ4n) is 4.04. The third kappa shape index (κ3) is 5.26. The largest absolute Gasteiger partial charge is 0.450 e. The zero-order valence-corrected chi connectivity index (χ0v) is 18.8. The van der Waals surface area contributed by atoms with Crippen molar-refractivity contribution in [3.05, 3.63) is 35.3 Å². The molecule has 0 bridgehead atoms. The highest BCUT2D eigenvalue weighted by atomic mass is 19.4. The van der Waals surface area contributed by atoms with Crippen LogP contribution in [0.1, 0.15) is 41.6 Å². The number of ketones is 1. The molecule has 0 radical (unpaired) electrons. The van der Waals surface area contributed by atoms with Crippen molar-refractivity contribution in [1.82, 2.24) is 14.9 Å². The minimum Gasteiger partial charge on any atom is -0.450 e. The average Bonchev–Trinajstić information content (AvgIpc) is 3.50. The lowest BCUT2D eigenvalue weighted by molar-refractivity contribution is -0.141. The lowest BCUT2D eigenvalue weighted by atomic mass is 10.1. The van der Waals surface area contributed by atoms with Crippen LogP contribution in [0.3, 0.4) is 0 Å². The Balaban J connectivity index is 1.41. The summed E-state index contributed by atoms with van der Waals surface area (Å²) in [5.74, 6) is -0.914. The van der Waals surface area contributed by atoms with E-state index < -0.39 is 23.4 Å².